The summed E-state index contributed by atoms with van der Waals surface area (Å²) in [7, 11) is -3.69. The fraction of sp³-hybridized carbons (Fsp3) is 0.526. The summed E-state index contributed by atoms with van der Waals surface area (Å²) in [6.45, 7) is 4.52. The maximum absolute atomic E-state index is 12.8. The van der Waals surface area contributed by atoms with Crippen LogP contribution in [0.1, 0.15) is 49.9 Å². The van der Waals surface area contributed by atoms with Gasteiger partial charge in [0, 0.05) is 18.7 Å². The molecule has 2 atom stereocenters. The predicted octanol–water partition coefficient (Wildman–Crippen LogP) is 0.705. The van der Waals surface area contributed by atoms with Crippen LogP contribution in [0.4, 0.5) is 4.79 Å². The second kappa shape index (κ2) is 10.4. The Hall–Kier alpha value is -2.66. The van der Waals surface area contributed by atoms with Crippen molar-refractivity contribution in [3.05, 3.63) is 29.8 Å². The first-order chi connectivity index (χ1) is 14.2. The molecule has 1 heterocycles. The average Bonchev–Trinajstić information content (AvgIpc) is 2.75. The summed E-state index contributed by atoms with van der Waals surface area (Å²) >= 11 is 0. The molecule has 1 aliphatic rings. The SMILES string of the molecule is CCC(C)C(NC(N)=O)C(=O)NNC(=O)c1cccc(S(=O)(=O)N2CCCCC2)c1. The maximum atomic E-state index is 12.8. The van der Waals surface area contributed by atoms with Gasteiger partial charge in [0.1, 0.15) is 6.04 Å². The van der Waals surface area contributed by atoms with E-state index >= 15 is 0 Å². The van der Waals surface area contributed by atoms with Crippen molar-refractivity contribution in [2.75, 3.05) is 13.1 Å². The molecule has 0 bridgehead atoms. The van der Waals surface area contributed by atoms with Crippen molar-refractivity contribution >= 4 is 27.9 Å². The summed E-state index contributed by atoms with van der Waals surface area (Å²) in [5.41, 5.74) is 9.70. The number of hydrazine groups is 1. The van der Waals surface area contributed by atoms with Crippen LogP contribution in [-0.2, 0) is 14.8 Å². The van der Waals surface area contributed by atoms with Gasteiger partial charge in [-0.3, -0.25) is 20.4 Å². The summed E-state index contributed by atoms with van der Waals surface area (Å²) in [5.74, 6) is -1.53. The van der Waals surface area contributed by atoms with E-state index in [4.69, 9.17) is 5.73 Å². The zero-order valence-electron chi connectivity index (χ0n) is 17.2. The molecule has 2 unspecified atom stereocenters. The molecule has 1 aliphatic heterocycles. The van der Waals surface area contributed by atoms with Crippen molar-refractivity contribution in [2.45, 2.75) is 50.5 Å². The molecule has 0 saturated carbocycles. The van der Waals surface area contributed by atoms with Crippen LogP contribution < -0.4 is 21.9 Å². The quantitative estimate of drug-likeness (QED) is 0.461. The van der Waals surface area contributed by atoms with Gasteiger partial charge in [0.25, 0.3) is 11.8 Å². The van der Waals surface area contributed by atoms with Crippen molar-refractivity contribution in [3.63, 3.8) is 0 Å². The van der Waals surface area contributed by atoms with Gasteiger partial charge in [-0.15, -0.1) is 0 Å². The number of hydrogen-bond acceptors (Lipinski definition) is 5. The lowest BCUT2D eigenvalue weighted by Crippen LogP contribution is -2.55. The third-order valence-corrected chi connectivity index (χ3v) is 7.04. The number of nitrogens with one attached hydrogen (secondary N) is 3. The van der Waals surface area contributed by atoms with E-state index < -0.39 is 33.9 Å². The lowest BCUT2D eigenvalue weighted by molar-refractivity contribution is -0.124. The lowest BCUT2D eigenvalue weighted by Gasteiger charge is -2.26. The van der Waals surface area contributed by atoms with Gasteiger partial charge in [0.05, 0.1) is 4.90 Å². The van der Waals surface area contributed by atoms with Crippen molar-refractivity contribution < 1.29 is 22.8 Å². The van der Waals surface area contributed by atoms with E-state index in [2.05, 4.69) is 16.2 Å². The molecule has 5 N–H and O–H groups in total. The first-order valence-corrected chi connectivity index (χ1v) is 11.4. The van der Waals surface area contributed by atoms with E-state index in [9.17, 15) is 22.8 Å². The van der Waals surface area contributed by atoms with Crippen molar-refractivity contribution in [1.82, 2.24) is 20.5 Å². The van der Waals surface area contributed by atoms with Gasteiger partial charge in [-0.2, -0.15) is 4.31 Å². The molecule has 166 valence electrons. The van der Waals surface area contributed by atoms with Gasteiger partial charge in [-0.25, -0.2) is 13.2 Å². The van der Waals surface area contributed by atoms with Crippen molar-refractivity contribution in [1.29, 1.82) is 0 Å². The van der Waals surface area contributed by atoms with E-state index in [0.29, 0.717) is 19.5 Å². The van der Waals surface area contributed by atoms with E-state index in [1.165, 1.54) is 28.6 Å². The Morgan fingerprint density at radius 1 is 1.13 bits per heavy atom. The van der Waals surface area contributed by atoms with Crippen LogP contribution in [0, 0.1) is 5.92 Å². The number of carbonyl (C=O) groups excluding carboxylic acids is 3. The number of benzene rings is 1. The first-order valence-electron chi connectivity index (χ1n) is 9.93. The van der Waals surface area contributed by atoms with Crippen molar-refractivity contribution in [2.24, 2.45) is 11.7 Å². The molecule has 0 radical (unpaired) electrons. The van der Waals surface area contributed by atoms with Gasteiger partial charge in [0.15, 0.2) is 0 Å². The zero-order chi connectivity index (χ0) is 22.3. The topological polar surface area (TPSA) is 151 Å². The number of piperidine rings is 1. The summed E-state index contributed by atoms with van der Waals surface area (Å²) in [4.78, 5) is 36.0. The zero-order valence-corrected chi connectivity index (χ0v) is 18.0. The summed E-state index contributed by atoms with van der Waals surface area (Å²) in [5, 5.41) is 2.35. The Kier molecular flexibility index (Phi) is 8.18. The second-order valence-electron chi connectivity index (χ2n) is 7.31. The van der Waals surface area contributed by atoms with Crippen molar-refractivity contribution in [3.8, 4) is 0 Å². The number of primary amides is 1. The molecule has 1 fully saturated rings. The highest BCUT2D eigenvalue weighted by Gasteiger charge is 2.27. The Labute approximate surface area is 176 Å². The molecular formula is C19H29N5O5S. The molecule has 0 aromatic heterocycles. The fourth-order valence-electron chi connectivity index (χ4n) is 3.18. The van der Waals surface area contributed by atoms with Crippen LogP contribution in [0.3, 0.4) is 0 Å². The summed E-state index contributed by atoms with van der Waals surface area (Å²) in [6, 6.07) is 3.87. The van der Waals surface area contributed by atoms with E-state index in [1.54, 1.807) is 6.92 Å². The Bertz CT molecular complexity index is 883. The molecule has 10 nitrogen and oxygen atoms in total. The van der Waals surface area contributed by atoms with Gasteiger partial charge in [-0.05, 0) is 37.0 Å². The molecule has 2 rings (SSSR count). The lowest BCUT2D eigenvalue weighted by atomic mass is 9.99. The molecule has 30 heavy (non-hydrogen) atoms. The normalized spacial score (nSPS) is 16.9. The molecule has 11 heteroatoms. The number of rotatable bonds is 7. The van der Waals surface area contributed by atoms with E-state index in [1.807, 2.05) is 6.92 Å². The first kappa shape index (κ1) is 23.6. The van der Waals surface area contributed by atoms with Crippen LogP contribution in [-0.4, -0.2) is 49.7 Å². The Morgan fingerprint density at radius 3 is 2.40 bits per heavy atom. The van der Waals surface area contributed by atoms with Gasteiger partial charge >= 0.3 is 6.03 Å². The highest BCUT2D eigenvalue weighted by molar-refractivity contribution is 7.89. The largest absolute Gasteiger partial charge is 0.352 e. The van der Waals surface area contributed by atoms with Crippen LogP contribution in [0.2, 0.25) is 0 Å². The molecule has 1 aromatic rings. The van der Waals surface area contributed by atoms with E-state index in [0.717, 1.165) is 19.3 Å². The average molecular weight is 440 g/mol. The van der Waals surface area contributed by atoms with Crippen LogP contribution >= 0.6 is 0 Å². The molecule has 0 spiro atoms. The van der Waals surface area contributed by atoms with Gasteiger partial charge < -0.3 is 11.1 Å². The number of nitrogens with zero attached hydrogens (tertiary/aromatic N) is 1. The third-order valence-electron chi connectivity index (χ3n) is 5.14. The molecule has 1 saturated heterocycles. The monoisotopic (exact) mass is 439 g/mol. The van der Waals surface area contributed by atoms with Crippen LogP contribution in [0.15, 0.2) is 29.2 Å². The molecule has 0 aliphatic carbocycles. The molecule has 4 amide bonds. The summed E-state index contributed by atoms with van der Waals surface area (Å²) in [6.07, 6.45) is 3.21. The Morgan fingerprint density at radius 2 is 1.80 bits per heavy atom. The number of amides is 4. The smallest absolute Gasteiger partial charge is 0.312 e. The van der Waals surface area contributed by atoms with Gasteiger partial charge in [-0.1, -0.05) is 32.8 Å². The highest BCUT2D eigenvalue weighted by Crippen LogP contribution is 2.21. The number of sulfonamides is 1. The number of nitrogens with two attached hydrogens (primary N) is 1. The second-order valence-corrected chi connectivity index (χ2v) is 9.25. The minimum atomic E-state index is -3.69. The standard InChI is InChI=1S/C19H29N5O5S/c1-3-13(2)16(21-19(20)27)18(26)23-22-17(25)14-8-7-9-15(12-14)30(28,29)24-10-5-4-6-11-24/h7-9,12-13,16H,3-6,10-11H2,1-2H3,(H,22,25)(H,23,26)(H3,20,21,27). The van der Waals surface area contributed by atoms with E-state index in [-0.39, 0.29) is 16.4 Å². The summed E-state index contributed by atoms with van der Waals surface area (Å²) < 4.78 is 27.0. The van der Waals surface area contributed by atoms with Gasteiger partial charge in [0.2, 0.25) is 10.0 Å². The van der Waals surface area contributed by atoms with Crippen LogP contribution in [0.25, 0.3) is 0 Å². The third kappa shape index (κ3) is 5.92. The number of urea groups is 1. The minimum absolute atomic E-state index is 0.0243. The number of carbonyl (C=O) groups is 3. The minimum Gasteiger partial charge on any atom is -0.352 e. The van der Waals surface area contributed by atoms with Crippen LogP contribution in [0.5, 0.6) is 0 Å². The molecule has 1 aromatic carbocycles. The maximum Gasteiger partial charge on any atom is 0.312 e. The highest BCUT2D eigenvalue weighted by atomic mass is 32.2. The number of hydrogen-bond donors (Lipinski definition) is 4. The molecular weight excluding hydrogens is 410 g/mol. The predicted molar refractivity (Wildman–Crippen MR) is 111 cm³/mol. The fourth-order valence-corrected chi connectivity index (χ4v) is 4.74. The Balaban J connectivity index is 2.08.